The lowest BCUT2D eigenvalue weighted by Crippen LogP contribution is -2.17. The van der Waals surface area contributed by atoms with Crippen molar-refractivity contribution in [2.24, 2.45) is 0 Å². The summed E-state index contributed by atoms with van der Waals surface area (Å²) in [4.78, 5) is 7.27. The van der Waals surface area contributed by atoms with Crippen LogP contribution < -0.4 is 4.74 Å². The molecule has 1 aliphatic rings. The number of fused-ring (bicyclic) bond motifs is 1. The molecule has 25 heavy (non-hydrogen) atoms. The monoisotopic (exact) mass is 353 g/mol. The Morgan fingerprint density at radius 2 is 1.96 bits per heavy atom. The minimum atomic E-state index is -3.50. The highest BCUT2D eigenvalue weighted by Crippen LogP contribution is 2.51. The van der Waals surface area contributed by atoms with Crippen LogP contribution in [0.4, 0.5) is 17.6 Å². The summed E-state index contributed by atoms with van der Waals surface area (Å²) in [5, 5.41) is 18.7. The van der Waals surface area contributed by atoms with E-state index in [9.17, 15) is 22.7 Å². The van der Waals surface area contributed by atoms with Gasteiger partial charge in [-0.15, -0.1) is 0 Å². The molecule has 130 valence electrons. The maximum absolute atomic E-state index is 14.3. The number of nitrogens with zero attached hydrogens (tertiary/aromatic N) is 3. The molecule has 0 aromatic carbocycles. The SMILES string of the molecule is CC(F)(F)c1ncc(Oc2cncc(C#N)c2)c2c1[C@H](O)[C@H](F)[C@@H]2F. The van der Waals surface area contributed by atoms with Gasteiger partial charge in [0.1, 0.15) is 23.6 Å². The minimum absolute atomic E-state index is 0.0167. The van der Waals surface area contributed by atoms with Gasteiger partial charge < -0.3 is 9.84 Å². The van der Waals surface area contributed by atoms with E-state index in [1.165, 1.54) is 18.5 Å². The molecule has 9 heteroatoms. The first-order chi connectivity index (χ1) is 11.7. The number of aromatic nitrogens is 2. The molecule has 0 aliphatic heterocycles. The molecule has 0 radical (unpaired) electrons. The fraction of sp³-hybridized carbons (Fsp3) is 0.312. The Labute approximate surface area is 139 Å². The molecule has 2 aromatic heterocycles. The fourth-order valence-corrected chi connectivity index (χ4v) is 2.68. The normalized spacial score (nSPS) is 22.4. The quantitative estimate of drug-likeness (QED) is 0.852. The van der Waals surface area contributed by atoms with E-state index < -0.39 is 41.2 Å². The molecule has 3 atom stereocenters. The maximum atomic E-state index is 14.3. The Hall–Kier alpha value is -2.73. The van der Waals surface area contributed by atoms with E-state index in [2.05, 4.69) is 9.97 Å². The van der Waals surface area contributed by atoms with Crippen molar-refractivity contribution in [1.82, 2.24) is 9.97 Å². The zero-order chi connectivity index (χ0) is 18.4. The van der Waals surface area contributed by atoms with Gasteiger partial charge in [0.05, 0.1) is 18.0 Å². The molecular weight excluding hydrogens is 342 g/mol. The molecule has 3 rings (SSSR count). The molecule has 1 N–H and O–H groups in total. The first-order valence-electron chi connectivity index (χ1n) is 7.14. The fourth-order valence-electron chi connectivity index (χ4n) is 2.68. The van der Waals surface area contributed by atoms with Crippen molar-refractivity contribution in [1.29, 1.82) is 5.26 Å². The predicted octanol–water partition coefficient (Wildman–Crippen LogP) is 3.65. The Morgan fingerprint density at radius 3 is 2.60 bits per heavy atom. The van der Waals surface area contributed by atoms with Crippen molar-refractivity contribution in [3.05, 3.63) is 47.0 Å². The summed E-state index contributed by atoms with van der Waals surface area (Å²) in [5.74, 6) is -3.81. The van der Waals surface area contributed by atoms with Gasteiger partial charge in [0, 0.05) is 30.3 Å². The number of hydrogen-bond donors (Lipinski definition) is 1. The molecule has 2 heterocycles. The predicted molar refractivity (Wildman–Crippen MR) is 76.5 cm³/mol. The van der Waals surface area contributed by atoms with Crippen LogP contribution in [0.25, 0.3) is 0 Å². The largest absolute Gasteiger partial charge is 0.454 e. The first-order valence-corrected chi connectivity index (χ1v) is 7.14. The van der Waals surface area contributed by atoms with Crippen molar-refractivity contribution >= 4 is 0 Å². The van der Waals surface area contributed by atoms with Crippen molar-refractivity contribution in [3.63, 3.8) is 0 Å². The van der Waals surface area contributed by atoms with Crippen molar-refractivity contribution < 1.29 is 27.4 Å². The standard InChI is InChI=1S/C16H11F4N3O2/c1-16(19,20)15-11-10(12(17)13(18)14(11)24)9(6-23-15)25-8-2-7(3-21)4-22-5-8/h2,4-6,12-14,24H,1H3/t12-,13-,14+/m1/s1. The molecule has 0 saturated heterocycles. The molecule has 0 saturated carbocycles. The third kappa shape index (κ3) is 2.89. The lowest BCUT2D eigenvalue weighted by molar-refractivity contribution is 0.00485. The highest BCUT2D eigenvalue weighted by molar-refractivity contribution is 5.51. The lowest BCUT2D eigenvalue weighted by Gasteiger charge is -2.18. The van der Waals surface area contributed by atoms with E-state index >= 15 is 0 Å². The molecule has 0 unspecified atom stereocenters. The maximum Gasteiger partial charge on any atom is 0.287 e. The Bertz CT molecular complexity index is 863. The van der Waals surface area contributed by atoms with Gasteiger partial charge in [-0.2, -0.15) is 14.0 Å². The van der Waals surface area contributed by atoms with Crippen molar-refractivity contribution in [2.75, 3.05) is 0 Å². The van der Waals surface area contributed by atoms with E-state index in [0.29, 0.717) is 6.92 Å². The molecule has 1 aliphatic carbocycles. The van der Waals surface area contributed by atoms with Gasteiger partial charge in [-0.3, -0.25) is 9.97 Å². The number of ether oxygens (including phenoxy) is 1. The van der Waals surface area contributed by atoms with Gasteiger partial charge in [-0.25, -0.2) is 8.78 Å². The second kappa shape index (κ2) is 5.97. The summed E-state index contributed by atoms with van der Waals surface area (Å²) in [6.07, 6.45) is -3.54. The molecule has 0 bridgehead atoms. The Balaban J connectivity index is 2.12. The summed E-state index contributed by atoms with van der Waals surface area (Å²) in [6.45, 7) is 0.516. The zero-order valence-electron chi connectivity index (χ0n) is 12.8. The number of hydrogen-bond acceptors (Lipinski definition) is 5. The third-order valence-corrected chi connectivity index (χ3v) is 3.76. The molecule has 0 amide bonds. The first kappa shape index (κ1) is 17.1. The van der Waals surface area contributed by atoms with Crippen LogP contribution in [0.2, 0.25) is 0 Å². The average molecular weight is 353 g/mol. The van der Waals surface area contributed by atoms with Gasteiger partial charge in [-0.05, 0) is 0 Å². The second-order valence-corrected chi connectivity index (χ2v) is 5.60. The molecular formula is C16H11F4N3O2. The van der Waals surface area contributed by atoms with E-state index in [0.717, 1.165) is 6.20 Å². The van der Waals surface area contributed by atoms with E-state index in [1.54, 1.807) is 0 Å². The summed E-state index contributed by atoms with van der Waals surface area (Å²) in [5.41, 5.74) is -1.89. The van der Waals surface area contributed by atoms with Gasteiger partial charge in [0.15, 0.2) is 18.1 Å². The lowest BCUT2D eigenvalue weighted by atomic mass is 10.0. The van der Waals surface area contributed by atoms with Crippen LogP contribution in [0, 0.1) is 11.3 Å². The van der Waals surface area contributed by atoms with Crippen molar-refractivity contribution in [2.45, 2.75) is 31.3 Å². The van der Waals surface area contributed by atoms with Crippen LogP contribution in [0.15, 0.2) is 24.7 Å². The summed E-state index contributed by atoms with van der Waals surface area (Å²) < 4.78 is 60.9. The second-order valence-electron chi connectivity index (χ2n) is 5.60. The van der Waals surface area contributed by atoms with Crippen LogP contribution in [0.1, 0.15) is 41.6 Å². The molecule has 0 spiro atoms. The number of nitriles is 1. The van der Waals surface area contributed by atoms with Crippen LogP contribution in [0.3, 0.4) is 0 Å². The van der Waals surface area contributed by atoms with E-state index in [4.69, 9.17) is 10.00 Å². The summed E-state index contributed by atoms with van der Waals surface area (Å²) in [7, 11) is 0. The highest BCUT2D eigenvalue weighted by Gasteiger charge is 2.48. The van der Waals surface area contributed by atoms with Crippen LogP contribution >= 0.6 is 0 Å². The average Bonchev–Trinajstić information content (AvgIpc) is 2.79. The Morgan fingerprint density at radius 1 is 1.24 bits per heavy atom. The van der Waals surface area contributed by atoms with E-state index in [-0.39, 0.29) is 17.1 Å². The number of pyridine rings is 2. The topological polar surface area (TPSA) is 79.0 Å². The van der Waals surface area contributed by atoms with Gasteiger partial charge in [0.25, 0.3) is 5.92 Å². The molecule has 0 fully saturated rings. The van der Waals surface area contributed by atoms with Gasteiger partial charge in [0.2, 0.25) is 0 Å². The summed E-state index contributed by atoms with van der Waals surface area (Å²) >= 11 is 0. The van der Waals surface area contributed by atoms with E-state index in [1.807, 2.05) is 6.07 Å². The number of halogens is 4. The van der Waals surface area contributed by atoms with Crippen LogP contribution in [-0.2, 0) is 5.92 Å². The number of rotatable bonds is 3. The number of aliphatic hydroxyl groups excluding tert-OH is 1. The molecule has 5 nitrogen and oxygen atoms in total. The number of aliphatic hydroxyl groups is 1. The van der Waals surface area contributed by atoms with Crippen LogP contribution in [-0.4, -0.2) is 21.2 Å². The minimum Gasteiger partial charge on any atom is -0.454 e. The molecule has 2 aromatic rings. The third-order valence-electron chi connectivity index (χ3n) is 3.76. The van der Waals surface area contributed by atoms with Gasteiger partial charge in [-0.1, -0.05) is 0 Å². The highest BCUT2D eigenvalue weighted by atomic mass is 19.3. The van der Waals surface area contributed by atoms with Crippen molar-refractivity contribution in [3.8, 4) is 17.6 Å². The van der Waals surface area contributed by atoms with Crippen LogP contribution in [0.5, 0.6) is 11.5 Å². The zero-order valence-corrected chi connectivity index (χ0v) is 12.8. The smallest absolute Gasteiger partial charge is 0.287 e. The number of alkyl halides is 4. The van der Waals surface area contributed by atoms with Gasteiger partial charge >= 0.3 is 0 Å². The summed E-state index contributed by atoms with van der Waals surface area (Å²) in [6, 6.07) is 3.11. The Kier molecular flexibility index (Phi) is 4.08.